The number of aldehydes is 1. The normalized spacial score (nSPS) is 10.5. The van der Waals surface area contributed by atoms with Gasteiger partial charge in [0.1, 0.15) is 0 Å². The fourth-order valence-corrected chi connectivity index (χ4v) is 1.37. The molecular formula is C11H11BrO3. The quantitative estimate of drug-likeness (QED) is 0.676. The van der Waals surface area contributed by atoms with E-state index in [4.69, 9.17) is 4.74 Å². The average Bonchev–Trinajstić information content (AvgIpc) is 2.26. The molecule has 0 atom stereocenters. The Morgan fingerprint density at radius 2 is 2.20 bits per heavy atom. The van der Waals surface area contributed by atoms with Crippen molar-refractivity contribution < 1.29 is 14.6 Å². The van der Waals surface area contributed by atoms with E-state index in [2.05, 4.69) is 15.9 Å². The molecule has 4 heteroatoms. The summed E-state index contributed by atoms with van der Waals surface area (Å²) in [6.07, 6.45) is 4.35. The molecule has 0 heterocycles. The molecule has 0 saturated carbocycles. The molecular weight excluding hydrogens is 260 g/mol. The van der Waals surface area contributed by atoms with Gasteiger partial charge in [0.2, 0.25) is 0 Å². The summed E-state index contributed by atoms with van der Waals surface area (Å²) in [5, 5.41) is 10.2. The predicted molar refractivity (Wildman–Crippen MR) is 62.9 cm³/mol. The van der Waals surface area contributed by atoms with Crippen LogP contribution in [0.5, 0.6) is 11.5 Å². The van der Waals surface area contributed by atoms with Gasteiger partial charge in [0.25, 0.3) is 0 Å². The van der Waals surface area contributed by atoms with Gasteiger partial charge in [-0.2, -0.15) is 0 Å². The minimum atomic E-state index is -0.0319. The van der Waals surface area contributed by atoms with E-state index in [1.165, 1.54) is 13.2 Å². The molecule has 1 aromatic rings. The molecule has 0 bridgehead atoms. The fraction of sp³-hybridized carbons (Fsp3) is 0.182. The predicted octanol–water partition coefficient (Wildman–Crippen LogP) is 2.62. The van der Waals surface area contributed by atoms with Crippen LogP contribution in [0.25, 0.3) is 6.08 Å². The van der Waals surface area contributed by atoms with Crippen LogP contribution in [0.2, 0.25) is 0 Å². The number of phenols is 1. The van der Waals surface area contributed by atoms with Crippen molar-refractivity contribution >= 4 is 28.3 Å². The molecule has 0 aliphatic rings. The van der Waals surface area contributed by atoms with Gasteiger partial charge in [-0.25, -0.2) is 0 Å². The zero-order valence-electron chi connectivity index (χ0n) is 8.24. The molecule has 15 heavy (non-hydrogen) atoms. The van der Waals surface area contributed by atoms with Crippen LogP contribution >= 0.6 is 15.9 Å². The summed E-state index contributed by atoms with van der Waals surface area (Å²) >= 11 is 3.25. The van der Waals surface area contributed by atoms with Crippen LogP contribution in [0.4, 0.5) is 0 Å². The van der Waals surface area contributed by atoms with E-state index in [1.54, 1.807) is 12.1 Å². The van der Waals surface area contributed by atoms with Gasteiger partial charge in [-0.3, -0.25) is 4.79 Å². The average molecular weight is 271 g/mol. The molecule has 0 aromatic heterocycles. The summed E-state index contributed by atoms with van der Waals surface area (Å²) in [6.45, 7) is 0. The first-order valence-corrected chi connectivity index (χ1v) is 5.43. The Balaban J connectivity index is 3.22. The summed E-state index contributed by atoms with van der Waals surface area (Å²) in [7, 11) is 1.47. The second-order valence-electron chi connectivity index (χ2n) is 2.83. The number of benzene rings is 1. The molecule has 0 saturated heterocycles. The highest BCUT2D eigenvalue weighted by atomic mass is 79.9. The molecule has 0 aliphatic carbocycles. The lowest BCUT2D eigenvalue weighted by Gasteiger charge is -2.06. The largest absolute Gasteiger partial charge is 0.504 e. The van der Waals surface area contributed by atoms with Gasteiger partial charge in [0, 0.05) is 10.9 Å². The molecule has 1 rings (SSSR count). The van der Waals surface area contributed by atoms with E-state index < -0.39 is 0 Å². The van der Waals surface area contributed by atoms with Crippen LogP contribution in [-0.4, -0.2) is 23.8 Å². The van der Waals surface area contributed by atoms with Gasteiger partial charge in [-0.1, -0.05) is 28.1 Å². The highest BCUT2D eigenvalue weighted by molar-refractivity contribution is 9.09. The topological polar surface area (TPSA) is 46.5 Å². The van der Waals surface area contributed by atoms with Gasteiger partial charge < -0.3 is 9.84 Å². The summed E-state index contributed by atoms with van der Waals surface area (Å²) in [4.78, 5) is 10.7. The SMILES string of the molecule is COc1cc(C=CCBr)c(C=O)cc1O. The number of phenolic OH excluding ortho intramolecular Hbond substituents is 1. The first-order valence-electron chi connectivity index (χ1n) is 4.31. The standard InChI is InChI=1S/C11H11BrO3/c1-15-11-6-8(3-2-4-12)9(7-13)5-10(11)14/h2-3,5-7,14H,4H2,1H3. The molecule has 3 nitrogen and oxygen atoms in total. The van der Waals surface area contributed by atoms with E-state index in [0.29, 0.717) is 22.9 Å². The summed E-state index contributed by atoms with van der Waals surface area (Å²) in [6, 6.07) is 3.01. The molecule has 0 fully saturated rings. The van der Waals surface area contributed by atoms with Crippen molar-refractivity contribution in [2.75, 3.05) is 12.4 Å². The molecule has 0 radical (unpaired) electrons. The number of rotatable bonds is 4. The lowest BCUT2D eigenvalue weighted by Crippen LogP contribution is -1.90. The molecule has 0 aliphatic heterocycles. The first kappa shape index (κ1) is 11.8. The number of alkyl halides is 1. The zero-order valence-corrected chi connectivity index (χ0v) is 9.82. The number of hydrogen-bond acceptors (Lipinski definition) is 3. The first-order chi connectivity index (χ1) is 7.22. The minimum Gasteiger partial charge on any atom is -0.504 e. The van der Waals surface area contributed by atoms with E-state index in [-0.39, 0.29) is 5.75 Å². The number of halogens is 1. The van der Waals surface area contributed by atoms with Crippen molar-refractivity contribution in [3.63, 3.8) is 0 Å². The highest BCUT2D eigenvalue weighted by Gasteiger charge is 2.06. The summed E-state index contributed by atoms with van der Waals surface area (Å²) in [5.41, 5.74) is 1.16. The van der Waals surface area contributed by atoms with Crippen molar-refractivity contribution in [2.24, 2.45) is 0 Å². The van der Waals surface area contributed by atoms with Crippen molar-refractivity contribution in [1.82, 2.24) is 0 Å². The third-order valence-electron chi connectivity index (χ3n) is 1.90. The zero-order chi connectivity index (χ0) is 11.3. The van der Waals surface area contributed by atoms with Crippen molar-refractivity contribution in [2.45, 2.75) is 0 Å². The summed E-state index contributed by atoms with van der Waals surface area (Å²) in [5.74, 6) is 0.324. The number of carbonyl (C=O) groups excluding carboxylic acids is 1. The smallest absolute Gasteiger partial charge is 0.161 e. The van der Waals surface area contributed by atoms with Gasteiger partial charge >= 0.3 is 0 Å². The molecule has 0 amide bonds. The third-order valence-corrected chi connectivity index (χ3v) is 2.27. The maximum atomic E-state index is 10.7. The van der Waals surface area contributed by atoms with Gasteiger partial charge in [-0.15, -0.1) is 0 Å². The van der Waals surface area contributed by atoms with Crippen LogP contribution in [0.15, 0.2) is 18.2 Å². The Morgan fingerprint density at radius 3 is 2.73 bits per heavy atom. The molecule has 0 spiro atoms. The summed E-state index contributed by atoms with van der Waals surface area (Å²) < 4.78 is 4.95. The Kier molecular flexibility index (Phi) is 4.37. The van der Waals surface area contributed by atoms with E-state index in [9.17, 15) is 9.90 Å². The fourth-order valence-electron chi connectivity index (χ4n) is 1.18. The van der Waals surface area contributed by atoms with Crippen LogP contribution in [0, 0.1) is 0 Å². The number of methoxy groups -OCH3 is 1. The molecule has 1 N–H and O–H groups in total. The maximum Gasteiger partial charge on any atom is 0.161 e. The lowest BCUT2D eigenvalue weighted by atomic mass is 10.1. The Bertz CT molecular complexity index is 386. The molecule has 80 valence electrons. The number of allylic oxidation sites excluding steroid dienone is 1. The van der Waals surface area contributed by atoms with E-state index in [0.717, 1.165) is 5.56 Å². The molecule has 0 unspecified atom stereocenters. The number of ether oxygens (including phenoxy) is 1. The second-order valence-corrected chi connectivity index (χ2v) is 3.47. The van der Waals surface area contributed by atoms with Crippen LogP contribution in [0.1, 0.15) is 15.9 Å². The van der Waals surface area contributed by atoms with Crippen molar-refractivity contribution in [1.29, 1.82) is 0 Å². The molecule has 1 aromatic carbocycles. The van der Waals surface area contributed by atoms with Gasteiger partial charge in [0.05, 0.1) is 7.11 Å². The van der Waals surface area contributed by atoms with Crippen LogP contribution < -0.4 is 4.74 Å². The number of carbonyl (C=O) groups is 1. The number of aromatic hydroxyl groups is 1. The van der Waals surface area contributed by atoms with Gasteiger partial charge in [-0.05, 0) is 17.7 Å². The highest BCUT2D eigenvalue weighted by Crippen LogP contribution is 2.29. The minimum absolute atomic E-state index is 0.0319. The maximum absolute atomic E-state index is 10.7. The Labute approximate surface area is 96.5 Å². The van der Waals surface area contributed by atoms with Crippen molar-refractivity contribution in [3.05, 3.63) is 29.3 Å². The van der Waals surface area contributed by atoms with E-state index in [1.807, 2.05) is 6.08 Å². The number of hydrogen-bond donors (Lipinski definition) is 1. The van der Waals surface area contributed by atoms with Crippen LogP contribution in [0.3, 0.4) is 0 Å². The Morgan fingerprint density at radius 1 is 1.47 bits per heavy atom. The monoisotopic (exact) mass is 270 g/mol. The second kappa shape index (κ2) is 5.56. The van der Waals surface area contributed by atoms with Crippen molar-refractivity contribution in [3.8, 4) is 11.5 Å². The van der Waals surface area contributed by atoms with Gasteiger partial charge in [0.15, 0.2) is 17.8 Å². The third kappa shape index (κ3) is 2.83. The van der Waals surface area contributed by atoms with E-state index >= 15 is 0 Å². The Hall–Kier alpha value is -1.29. The lowest BCUT2D eigenvalue weighted by molar-refractivity contribution is 0.112. The van der Waals surface area contributed by atoms with Crippen LogP contribution in [-0.2, 0) is 0 Å².